The number of nitrogens with zero attached hydrogens (tertiary/aromatic N) is 2. The minimum atomic E-state index is -0.616. The van der Waals surface area contributed by atoms with E-state index in [1.165, 1.54) is 9.96 Å². The smallest absolute Gasteiger partial charge is 0.407 e. The molecule has 0 aromatic rings. The van der Waals surface area contributed by atoms with Crippen LogP contribution in [0.5, 0.6) is 0 Å². The number of carbonyl (C=O) groups excluding carboxylic acids is 4. The topological polar surface area (TPSA) is 129 Å². The molecule has 1 aliphatic carbocycles. The van der Waals surface area contributed by atoms with Gasteiger partial charge in [0.15, 0.2) is 0 Å². The molecule has 34 heavy (non-hydrogen) atoms. The first-order valence-corrected chi connectivity index (χ1v) is 12.4. The lowest BCUT2D eigenvalue weighted by Gasteiger charge is -2.36. The zero-order valence-electron chi connectivity index (χ0n) is 20.7. The lowest BCUT2D eigenvalue weighted by atomic mass is 9.77. The Bertz CT molecular complexity index is 763. The zero-order chi connectivity index (χ0) is 24.9. The van der Waals surface area contributed by atoms with Gasteiger partial charge in [-0.2, -0.15) is 5.06 Å². The molecule has 3 fully saturated rings. The van der Waals surface area contributed by atoms with Gasteiger partial charge in [-0.3, -0.25) is 25.3 Å². The van der Waals surface area contributed by atoms with Gasteiger partial charge in [0.25, 0.3) is 5.91 Å². The number of amides is 5. The molecule has 2 atom stereocenters. The number of nitrogens with one attached hydrogen (secondary N) is 3. The minimum Gasteiger partial charge on any atom is -0.444 e. The number of rotatable bonds is 9. The Labute approximate surface area is 201 Å². The molecule has 3 aliphatic rings. The summed E-state index contributed by atoms with van der Waals surface area (Å²) in [5, 5.41) is 4.25. The van der Waals surface area contributed by atoms with Crippen molar-refractivity contribution in [3.63, 3.8) is 0 Å². The summed E-state index contributed by atoms with van der Waals surface area (Å²) < 4.78 is 5.25. The maximum Gasteiger partial charge on any atom is 0.407 e. The molecule has 0 unspecified atom stereocenters. The van der Waals surface area contributed by atoms with Gasteiger partial charge in [-0.15, -0.1) is 0 Å². The van der Waals surface area contributed by atoms with Crippen LogP contribution in [0.3, 0.4) is 0 Å². The van der Waals surface area contributed by atoms with Crippen molar-refractivity contribution in [3.8, 4) is 0 Å². The van der Waals surface area contributed by atoms with Crippen LogP contribution in [0.1, 0.15) is 79.1 Å². The fraction of sp³-hybridized carbons (Fsp3) is 0.826. The molecule has 3 N–H and O–H groups in total. The van der Waals surface area contributed by atoms with Gasteiger partial charge >= 0.3 is 12.1 Å². The number of hydrogen-bond acceptors (Lipinski definition) is 6. The summed E-state index contributed by atoms with van der Waals surface area (Å²) in [6.07, 6.45) is 5.19. The number of hydroxylamine groups is 2. The summed E-state index contributed by atoms with van der Waals surface area (Å²) in [5.41, 5.74) is 4.41. The van der Waals surface area contributed by atoms with Crippen LogP contribution in [-0.2, 0) is 19.2 Å². The molecule has 3 rings (SSSR count). The maximum absolute atomic E-state index is 12.6. The van der Waals surface area contributed by atoms with Crippen LogP contribution in [0.25, 0.3) is 0 Å². The van der Waals surface area contributed by atoms with E-state index in [1.807, 2.05) is 20.8 Å². The van der Waals surface area contributed by atoms with Gasteiger partial charge in [0.1, 0.15) is 11.6 Å². The molecule has 0 radical (unpaired) electrons. The predicted molar refractivity (Wildman–Crippen MR) is 123 cm³/mol. The Hall–Kier alpha value is -2.56. The van der Waals surface area contributed by atoms with E-state index in [0.717, 1.165) is 25.7 Å². The van der Waals surface area contributed by atoms with Gasteiger partial charge in [0.2, 0.25) is 5.91 Å². The standard InChI is InChI=1S/C23H39N5O6/c1-5-6-11-33-28-17-8-9-18(27(14-17)22(28)32)20(30)26-25-19(29)10-7-15-12-16(13-15)24-21(31)34-23(2,3)4/h15-18H,5-14H2,1-4H3,(H,24,31)(H,25,29)(H,26,30)/t15-,16+,17-,18-/m0/s1. The molecule has 2 aliphatic heterocycles. The van der Waals surface area contributed by atoms with Crippen molar-refractivity contribution < 1.29 is 28.8 Å². The lowest BCUT2D eigenvalue weighted by molar-refractivity contribution is -0.132. The minimum absolute atomic E-state index is 0.0286. The average molecular weight is 482 g/mol. The fourth-order valence-electron chi connectivity index (χ4n) is 4.55. The number of fused-ring (bicyclic) bond motifs is 2. The number of hydrazine groups is 1. The van der Waals surface area contributed by atoms with Gasteiger partial charge in [-0.1, -0.05) is 13.3 Å². The molecule has 11 heteroatoms. The van der Waals surface area contributed by atoms with Gasteiger partial charge in [0.05, 0.1) is 12.6 Å². The molecule has 0 spiro atoms. The number of alkyl carbamates (subject to hydrolysis) is 1. The van der Waals surface area contributed by atoms with Crippen molar-refractivity contribution in [1.29, 1.82) is 0 Å². The van der Waals surface area contributed by atoms with E-state index in [4.69, 9.17) is 9.57 Å². The highest BCUT2D eigenvalue weighted by molar-refractivity contribution is 5.90. The van der Waals surface area contributed by atoms with E-state index in [2.05, 4.69) is 23.1 Å². The summed E-state index contributed by atoms with van der Waals surface area (Å²) in [6, 6.07) is -0.861. The molecule has 2 bridgehead atoms. The monoisotopic (exact) mass is 481 g/mol. The summed E-state index contributed by atoms with van der Waals surface area (Å²) in [7, 11) is 0. The number of hydrogen-bond donors (Lipinski definition) is 3. The maximum atomic E-state index is 12.6. The second-order valence-corrected chi connectivity index (χ2v) is 10.5. The molecule has 5 amide bonds. The van der Waals surface area contributed by atoms with E-state index in [-0.39, 0.29) is 36.3 Å². The van der Waals surface area contributed by atoms with E-state index in [1.54, 1.807) is 0 Å². The van der Waals surface area contributed by atoms with Crippen molar-refractivity contribution in [2.75, 3.05) is 13.2 Å². The molecule has 192 valence electrons. The third-order valence-corrected chi connectivity index (χ3v) is 6.42. The number of ether oxygens (including phenoxy) is 1. The van der Waals surface area contributed by atoms with Crippen LogP contribution >= 0.6 is 0 Å². The van der Waals surface area contributed by atoms with Crippen LogP contribution in [0.15, 0.2) is 0 Å². The van der Waals surface area contributed by atoms with Gasteiger partial charge in [-0.05, 0) is 65.2 Å². The van der Waals surface area contributed by atoms with Crippen molar-refractivity contribution in [3.05, 3.63) is 0 Å². The third-order valence-electron chi connectivity index (χ3n) is 6.42. The molecule has 2 saturated heterocycles. The first-order valence-electron chi connectivity index (χ1n) is 12.4. The normalized spacial score (nSPS) is 26.1. The van der Waals surface area contributed by atoms with Crippen molar-refractivity contribution in [2.45, 2.75) is 103 Å². The summed E-state index contributed by atoms with van der Waals surface area (Å²) in [6.45, 7) is 8.45. The van der Waals surface area contributed by atoms with Crippen LogP contribution in [0.2, 0.25) is 0 Å². The summed E-state index contributed by atoms with van der Waals surface area (Å²) in [4.78, 5) is 56.4. The Balaban J connectivity index is 1.31. The molecule has 2 heterocycles. The van der Waals surface area contributed by atoms with Crippen LogP contribution in [-0.4, -0.2) is 70.8 Å². The highest BCUT2D eigenvalue weighted by Gasteiger charge is 2.48. The van der Waals surface area contributed by atoms with Crippen LogP contribution < -0.4 is 16.2 Å². The van der Waals surface area contributed by atoms with Crippen LogP contribution in [0, 0.1) is 5.92 Å². The highest BCUT2D eigenvalue weighted by Crippen LogP contribution is 2.32. The largest absolute Gasteiger partial charge is 0.444 e. The highest BCUT2D eigenvalue weighted by atomic mass is 16.7. The van der Waals surface area contributed by atoms with Gasteiger partial charge in [0, 0.05) is 19.0 Å². The Kier molecular flexibility index (Phi) is 8.62. The molecule has 1 saturated carbocycles. The number of urea groups is 1. The lowest BCUT2D eigenvalue weighted by Crippen LogP contribution is -2.54. The molecular formula is C23H39N5O6. The van der Waals surface area contributed by atoms with Crippen LogP contribution in [0.4, 0.5) is 9.59 Å². The van der Waals surface area contributed by atoms with Crippen molar-refractivity contribution in [2.24, 2.45) is 5.92 Å². The molecule has 0 aromatic heterocycles. The van der Waals surface area contributed by atoms with E-state index < -0.39 is 17.7 Å². The SMILES string of the molecule is CCCCON1C(=O)N2C[C@@H]1CC[C@H]2C(=O)NNC(=O)CC[C@H]1C[C@@H](NC(=O)OC(C)(C)C)C1. The van der Waals surface area contributed by atoms with Crippen molar-refractivity contribution in [1.82, 2.24) is 26.1 Å². The van der Waals surface area contributed by atoms with E-state index in [9.17, 15) is 19.2 Å². The third kappa shape index (κ3) is 6.97. The first kappa shape index (κ1) is 26.1. The van der Waals surface area contributed by atoms with Gasteiger partial charge in [-0.25, -0.2) is 9.59 Å². The summed E-state index contributed by atoms with van der Waals surface area (Å²) in [5.74, 6) is -0.318. The first-order chi connectivity index (χ1) is 16.1. The summed E-state index contributed by atoms with van der Waals surface area (Å²) >= 11 is 0. The zero-order valence-corrected chi connectivity index (χ0v) is 20.7. The van der Waals surface area contributed by atoms with E-state index >= 15 is 0 Å². The molecular weight excluding hydrogens is 442 g/mol. The van der Waals surface area contributed by atoms with E-state index in [0.29, 0.717) is 38.3 Å². The number of piperidine rings is 1. The second kappa shape index (κ2) is 11.2. The second-order valence-electron chi connectivity index (χ2n) is 10.5. The number of unbranched alkanes of at least 4 members (excludes halogenated alkanes) is 1. The fourth-order valence-corrected chi connectivity index (χ4v) is 4.55. The quantitative estimate of drug-likeness (QED) is 0.342. The molecule has 11 nitrogen and oxygen atoms in total. The predicted octanol–water partition coefficient (Wildman–Crippen LogP) is 2.22. The van der Waals surface area contributed by atoms with Crippen molar-refractivity contribution >= 4 is 23.9 Å². The Morgan fingerprint density at radius 2 is 1.85 bits per heavy atom. The Morgan fingerprint density at radius 1 is 1.12 bits per heavy atom. The van der Waals surface area contributed by atoms with Gasteiger partial charge < -0.3 is 15.0 Å². The average Bonchev–Trinajstić information content (AvgIpc) is 2.97. The Morgan fingerprint density at radius 3 is 2.53 bits per heavy atom. The number of carbonyl (C=O) groups is 4. The molecule has 0 aromatic carbocycles.